The van der Waals surface area contributed by atoms with E-state index in [1.54, 1.807) is 44.9 Å². The summed E-state index contributed by atoms with van der Waals surface area (Å²) in [6.45, 7) is 13.3. The van der Waals surface area contributed by atoms with Gasteiger partial charge < -0.3 is 15.0 Å². The second kappa shape index (κ2) is 12.7. The third-order valence-electron chi connectivity index (χ3n) is 3.58. The van der Waals surface area contributed by atoms with E-state index in [-0.39, 0.29) is 35.1 Å². The summed E-state index contributed by atoms with van der Waals surface area (Å²) in [4.78, 5) is 26.4. The quantitative estimate of drug-likeness (QED) is 0.691. The molecule has 0 atom stereocenters. The van der Waals surface area contributed by atoms with Crippen molar-refractivity contribution in [3.05, 3.63) is 63.3 Å². The molecule has 10 radical (unpaired) electrons. The van der Waals surface area contributed by atoms with Crippen LogP contribution in [0.1, 0.15) is 48.5 Å². The van der Waals surface area contributed by atoms with Gasteiger partial charge in [-0.3, -0.25) is 4.79 Å². The van der Waals surface area contributed by atoms with Crippen LogP contribution >= 0.6 is 0 Å². The van der Waals surface area contributed by atoms with Crippen molar-refractivity contribution in [3.63, 3.8) is 0 Å². The first-order chi connectivity index (χ1) is 12.5. The van der Waals surface area contributed by atoms with Gasteiger partial charge in [0.25, 0.3) is 0 Å². The van der Waals surface area contributed by atoms with Crippen LogP contribution in [0.3, 0.4) is 0 Å². The van der Waals surface area contributed by atoms with Crippen molar-refractivity contribution < 1.29 is 31.4 Å². The average molecular weight is 428 g/mol. The Hall–Kier alpha value is -0.741. The number of ether oxygens (including phenoxy) is 1. The smallest absolute Gasteiger partial charge is 0.444 e. The normalized spacial score (nSPS) is 17.8. The number of rotatable bonds is 4. The Kier molecular flexibility index (Phi) is 12.4. The van der Waals surface area contributed by atoms with E-state index in [2.05, 4.69) is 5.32 Å². The first-order valence-electron chi connectivity index (χ1n) is 9.28. The minimum atomic E-state index is -0.581. The van der Waals surface area contributed by atoms with Gasteiger partial charge in [-0.15, -0.1) is 0 Å². The molecule has 5 nitrogen and oxygen atoms in total. The first-order valence-corrected chi connectivity index (χ1v) is 9.28. The molecule has 0 spiro atoms. The molecule has 0 unspecified atom stereocenters. The van der Waals surface area contributed by atoms with Gasteiger partial charge in [0, 0.05) is 12.1 Å². The number of hydrogen-bond donors (Lipinski definition) is 1. The molecule has 154 valence electrons. The van der Waals surface area contributed by atoms with Crippen LogP contribution in [0.25, 0.3) is 0 Å². The molecule has 2 aliphatic carbocycles. The van der Waals surface area contributed by atoms with Crippen molar-refractivity contribution in [2.24, 2.45) is 0 Å². The van der Waals surface area contributed by atoms with Gasteiger partial charge in [0.15, 0.2) is 0 Å². The van der Waals surface area contributed by atoms with E-state index in [4.69, 9.17) is 4.74 Å². The van der Waals surface area contributed by atoms with Crippen LogP contribution < -0.4 is 5.32 Å². The van der Waals surface area contributed by atoms with Crippen molar-refractivity contribution in [1.29, 1.82) is 0 Å². The van der Waals surface area contributed by atoms with Crippen LogP contribution in [0.2, 0.25) is 0 Å². The first kappa shape index (κ1) is 27.3. The molecule has 2 rings (SSSR count). The zero-order valence-electron chi connectivity index (χ0n) is 17.8. The third kappa shape index (κ3) is 9.64. The summed E-state index contributed by atoms with van der Waals surface area (Å²) in [5.41, 5.74) is -0.581. The van der Waals surface area contributed by atoms with E-state index in [1.807, 2.05) is 59.8 Å². The van der Waals surface area contributed by atoms with Gasteiger partial charge in [-0.05, 0) is 99.8 Å². The molecule has 0 aromatic rings. The molecule has 1 N–H and O–H groups in total. The predicted molar refractivity (Wildman–Crippen MR) is 107 cm³/mol. The summed E-state index contributed by atoms with van der Waals surface area (Å²) < 4.78 is 5.23. The minimum Gasteiger partial charge on any atom is -0.444 e. The number of carbonyl (C=O) groups is 2. The Morgan fingerprint density at radius 1 is 0.893 bits per heavy atom. The number of alkyl carbamates (subject to hydrolysis) is 1. The van der Waals surface area contributed by atoms with Gasteiger partial charge in [-0.1, -0.05) is 0 Å². The third-order valence-corrected chi connectivity index (χ3v) is 3.58. The molecular formula is C22H32FeN2O3+2. The number of hydrogen-bond acceptors (Lipinski definition) is 3. The van der Waals surface area contributed by atoms with Crippen LogP contribution in [-0.2, 0) is 26.6 Å². The minimum absolute atomic E-state index is 0. The molecule has 2 aliphatic rings. The fourth-order valence-corrected chi connectivity index (χ4v) is 2.65. The molecule has 0 aromatic carbocycles. The topological polar surface area (TPSA) is 58.6 Å². The summed E-state index contributed by atoms with van der Waals surface area (Å²) in [6.07, 6.45) is 14.6. The van der Waals surface area contributed by atoms with Gasteiger partial charge >= 0.3 is 23.2 Å². The Labute approximate surface area is 183 Å². The van der Waals surface area contributed by atoms with Crippen molar-refractivity contribution >= 4 is 12.0 Å². The zero-order valence-corrected chi connectivity index (χ0v) is 18.9. The van der Waals surface area contributed by atoms with Crippen LogP contribution in [0.4, 0.5) is 4.79 Å². The van der Waals surface area contributed by atoms with Gasteiger partial charge in [0.05, 0.1) is 12.0 Å². The standard InChI is InChI=1S/C17H27N2O3.C5H5.Fe/c1-11(2)19(12(3)4)15(20)13-9-8-10-14(13)18-16(21)22-17(5,6)7;1-2-4-5-3-1;/h8-12H,1-7H3,(H,18,21);1-5H;/q;;+2. The predicted octanol–water partition coefficient (Wildman–Crippen LogP) is 3.91. The number of nitrogens with zero attached hydrogens (tertiary/aromatic N) is 1. The summed E-state index contributed by atoms with van der Waals surface area (Å²) in [5, 5.41) is 2.65. The SMILES string of the molecule is CC(C)N(C(=O)[C]1[CH][CH][CH][C]1NC(=O)OC(C)(C)C)C(C)C.[CH]1[CH][CH][CH][CH]1.[Fe+2]. The Balaban J connectivity index is 0.00000105. The van der Waals surface area contributed by atoms with E-state index in [0.717, 1.165) is 0 Å². The van der Waals surface area contributed by atoms with Gasteiger partial charge in [-0.2, -0.15) is 0 Å². The zero-order chi connectivity index (χ0) is 20.6. The van der Waals surface area contributed by atoms with Crippen LogP contribution in [0, 0.1) is 63.3 Å². The second-order valence-electron chi connectivity index (χ2n) is 7.84. The van der Waals surface area contributed by atoms with Crippen LogP contribution in [0.15, 0.2) is 0 Å². The maximum absolute atomic E-state index is 12.7. The van der Waals surface area contributed by atoms with Crippen molar-refractivity contribution in [2.45, 2.75) is 66.2 Å². The summed E-state index contributed by atoms with van der Waals surface area (Å²) in [6, 6.07) is 0.638. The molecule has 0 heterocycles. The molecule has 28 heavy (non-hydrogen) atoms. The number of amides is 2. The maximum Gasteiger partial charge on any atom is 2.00 e. The number of carbonyl (C=O) groups excluding carboxylic acids is 2. The monoisotopic (exact) mass is 428 g/mol. The van der Waals surface area contributed by atoms with Crippen LogP contribution in [-0.4, -0.2) is 34.6 Å². The van der Waals surface area contributed by atoms with E-state index < -0.39 is 11.7 Å². The molecule has 6 heteroatoms. The maximum atomic E-state index is 12.7. The number of nitrogens with one attached hydrogen (secondary N) is 1. The molecule has 0 saturated heterocycles. The molecule has 0 bridgehead atoms. The van der Waals surface area contributed by atoms with E-state index in [1.165, 1.54) is 0 Å². The van der Waals surface area contributed by atoms with Gasteiger partial charge in [-0.25, -0.2) is 4.79 Å². The molecule has 2 fully saturated rings. The molecule has 2 saturated carbocycles. The van der Waals surface area contributed by atoms with E-state index >= 15 is 0 Å². The Morgan fingerprint density at radius 3 is 1.75 bits per heavy atom. The fourth-order valence-electron chi connectivity index (χ4n) is 2.65. The molecular weight excluding hydrogens is 396 g/mol. The average Bonchev–Trinajstić information content (AvgIpc) is 3.18. The Morgan fingerprint density at radius 2 is 1.36 bits per heavy atom. The summed E-state index contributed by atoms with van der Waals surface area (Å²) in [5.74, 6) is 0.384. The van der Waals surface area contributed by atoms with Gasteiger partial charge in [0.2, 0.25) is 5.91 Å². The largest absolute Gasteiger partial charge is 2.00 e. The summed E-state index contributed by atoms with van der Waals surface area (Å²) in [7, 11) is 0. The second-order valence-corrected chi connectivity index (χ2v) is 7.84. The van der Waals surface area contributed by atoms with Gasteiger partial charge in [0.1, 0.15) is 5.60 Å². The van der Waals surface area contributed by atoms with Crippen molar-refractivity contribution in [3.8, 4) is 0 Å². The Bertz CT molecular complexity index is 455. The van der Waals surface area contributed by atoms with Crippen LogP contribution in [0.5, 0.6) is 0 Å². The van der Waals surface area contributed by atoms with E-state index in [0.29, 0.717) is 12.0 Å². The molecule has 0 aromatic heterocycles. The summed E-state index contributed by atoms with van der Waals surface area (Å²) >= 11 is 0. The van der Waals surface area contributed by atoms with Crippen molar-refractivity contribution in [1.82, 2.24) is 10.2 Å². The molecule has 0 aliphatic heterocycles. The fraction of sp³-hybridized carbons (Fsp3) is 0.455. The molecule has 2 amide bonds. The van der Waals surface area contributed by atoms with Crippen molar-refractivity contribution in [2.75, 3.05) is 0 Å². The van der Waals surface area contributed by atoms with E-state index in [9.17, 15) is 9.59 Å².